The van der Waals surface area contributed by atoms with E-state index in [-0.39, 0.29) is 30.1 Å². The molecule has 0 aliphatic carbocycles. The molecule has 3 rings (SSSR count). The van der Waals surface area contributed by atoms with E-state index in [0.29, 0.717) is 6.54 Å². The van der Waals surface area contributed by atoms with Crippen LogP contribution >= 0.6 is 24.0 Å². The van der Waals surface area contributed by atoms with Crippen LogP contribution in [0.2, 0.25) is 0 Å². The number of aryl methyl sites for hydroxylation is 1. The highest BCUT2D eigenvalue weighted by atomic mass is 127. The lowest BCUT2D eigenvalue weighted by atomic mass is 10.2. The average molecular weight is 498 g/mol. The zero-order chi connectivity index (χ0) is 19.2. The average Bonchev–Trinajstić information content (AvgIpc) is 3.07. The number of rotatable bonds is 5. The highest BCUT2D eigenvalue weighted by molar-refractivity contribution is 14.0. The summed E-state index contributed by atoms with van der Waals surface area (Å²) in [6, 6.07) is 8.39. The molecule has 1 atom stereocenters. The van der Waals surface area contributed by atoms with E-state index in [1.807, 2.05) is 20.3 Å². The number of morpholine rings is 1. The van der Waals surface area contributed by atoms with Crippen LogP contribution in [0.15, 0.2) is 41.7 Å². The largest absolute Gasteiger partial charge is 0.375 e. The van der Waals surface area contributed by atoms with Gasteiger partial charge in [-0.2, -0.15) is 0 Å². The maximum Gasteiger partial charge on any atom is 0.194 e. The van der Waals surface area contributed by atoms with Crippen molar-refractivity contribution in [2.24, 2.45) is 12.0 Å². The van der Waals surface area contributed by atoms with E-state index in [9.17, 15) is 0 Å². The summed E-state index contributed by atoms with van der Waals surface area (Å²) < 4.78 is 7.72. The zero-order valence-electron chi connectivity index (χ0n) is 17.1. The van der Waals surface area contributed by atoms with E-state index >= 15 is 0 Å². The Hall–Kier alpha value is -1.81. The molecule has 1 aliphatic heterocycles. The van der Waals surface area contributed by atoms with E-state index in [1.54, 1.807) is 0 Å². The van der Waals surface area contributed by atoms with Crippen molar-refractivity contribution in [3.63, 3.8) is 0 Å². The van der Waals surface area contributed by atoms with Gasteiger partial charge in [-0.05, 0) is 30.7 Å². The van der Waals surface area contributed by atoms with Crippen molar-refractivity contribution in [1.82, 2.24) is 19.8 Å². The lowest BCUT2D eigenvalue weighted by molar-refractivity contribution is 0.0529. The first-order valence-electron chi connectivity index (χ1n) is 9.40. The van der Waals surface area contributed by atoms with Gasteiger partial charge < -0.3 is 24.4 Å². The van der Waals surface area contributed by atoms with Gasteiger partial charge in [-0.1, -0.05) is 6.07 Å². The fourth-order valence-corrected chi connectivity index (χ4v) is 3.28. The summed E-state index contributed by atoms with van der Waals surface area (Å²) in [6.07, 6.45) is 4.25. The topological polar surface area (TPSA) is 57.9 Å². The Morgan fingerprint density at radius 2 is 2.21 bits per heavy atom. The first kappa shape index (κ1) is 22.5. The molecule has 2 aromatic heterocycles. The van der Waals surface area contributed by atoms with Crippen LogP contribution in [-0.2, 0) is 24.9 Å². The Morgan fingerprint density at radius 3 is 2.82 bits per heavy atom. The van der Waals surface area contributed by atoms with Gasteiger partial charge in [0, 0.05) is 58.9 Å². The maximum atomic E-state index is 5.60. The molecule has 3 heterocycles. The smallest absolute Gasteiger partial charge is 0.194 e. The van der Waals surface area contributed by atoms with Crippen LogP contribution in [0, 0.1) is 0 Å². The van der Waals surface area contributed by atoms with Crippen LogP contribution in [0.1, 0.15) is 18.2 Å². The molecule has 1 unspecified atom stereocenters. The number of ether oxygens (including phenoxy) is 1. The second-order valence-corrected chi connectivity index (χ2v) is 7.02. The Balaban J connectivity index is 0.00000280. The maximum absolute atomic E-state index is 5.60. The highest BCUT2D eigenvalue weighted by Gasteiger charge is 2.17. The molecule has 0 bridgehead atoms. The third kappa shape index (κ3) is 5.84. The van der Waals surface area contributed by atoms with Crippen LogP contribution in [0.4, 0.5) is 5.82 Å². The molecule has 0 radical (unpaired) electrons. The van der Waals surface area contributed by atoms with Gasteiger partial charge in [0.05, 0.1) is 19.3 Å². The number of hydrogen-bond acceptors (Lipinski definition) is 4. The van der Waals surface area contributed by atoms with Crippen molar-refractivity contribution in [1.29, 1.82) is 0 Å². The quantitative estimate of drug-likeness (QED) is 0.390. The second-order valence-electron chi connectivity index (χ2n) is 7.02. The summed E-state index contributed by atoms with van der Waals surface area (Å²) in [7, 11) is 5.91. The van der Waals surface area contributed by atoms with Gasteiger partial charge in [0.1, 0.15) is 5.82 Å². The predicted molar refractivity (Wildman–Crippen MR) is 124 cm³/mol. The minimum atomic E-state index is 0. The van der Waals surface area contributed by atoms with Crippen molar-refractivity contribution >= 4 is 35.8 Å². The molecule has 154 valence electrons. The van der Waals surface area contributed by atoms with Gasteiger partial charge in [0.15, 0.2) is 5.96 Å². The molecule has 1 saturated heterocycles. The predicted octanol–water partition coefficient (Wildman–Crippen LogP) is 2.47. The molecule has 1 fully saturated rings. The van der Waals surface area contributed by atoms with E-state index in [4.69, 9.17) is 4.74 Å². The van der Waals surface area contributed by atoms with Crippen molar-refractivity contribution in [3.8, 4) is 0 Å². The van der Waals surface area contributed by atoms with Gasteiger partial charge in [0.2, 0.25) is 0 Å². The molecule has 0 amide bonds. The molecule has 0 saturated carbocycles. The standard InChI is InChI=1S/C20H30N6O.HI/c1-16-14-26(10-11-27-16)19-8-7-17(12-22-19)13-23-20(21-2)25(4)15-18-6-5-9-24(18)3;/h5-9,12,16H,10-11,13-15H2,1-4H3,(H,21,23);1H. The number of hydrogen-bond donors (Lipinski definition) is 1. The summed E-state index contributed by atoms with van der Waals surface area (Å²) >= 11 is 0. The van der Waals surface area contributed by atoms with Gasteiger partial charge in [-0.3, -0.25) is 4.99 Å². The monoisotopic (exact) mass is 498 g/mol. The minimum absolute atomic E-state index is 0. The van der Waals surface area contributed by atoms with Gasteiger partial charge in [-0.25, -0.2) is 4.98 Å². The number of nitrogens with one attached hydrogen (secondary N) is 1. The first-order chi connectivity index (χ1) is 13.1. The van der Waals surface area contributed by atoms with Crippen molar-refractivity contribution in [2.45, 2.75) is 26.1 Å². The van der Waals surface area contributed by atoms with Crippen LogP contribution in [0.3, 0.4) is 0 Å². The molecular formula is C20H31IN6O. The summed E-state index contributed by atoms with van der Waals surface area (Å²) in [5.74, 6) is 1.88. The number of anilines is 1. The number of guanidine groups is 1. The molecule has 7 nitrogen and oxygen atoms in total. The highest BCUT2D eigenvalue weighted by Crippen LogP contribution is 2.15. The van der Waals surface area contributed by atoms with Gasteiger partial charge >= 0.3 is 0 Å². The van der Waals surface area contributed by atoms with Crippen molar-refractivity contribution in [3.05, 3.63) is 47.9 Å². The fraction of sp³-hybridized carbons (Fsp3) is 0.500. The Kier molecular flexibility index (Phi) is 8.56. The number of pyridine rings is 1. The molecule has 0 spiro atoms. The lowest BCUT2D eigenvalue weighted by Gasteiger charge is -2.32. The van der Waals surface area contributed by atoms with E-state index in [1.165, 1.54) is 5.69 Å². The number of halogens is 1. The Morgan fingerprint density at radius 1 is 1.39 bits per heavy atom. The fourth-order valence-electron chi connectivity index (χ4n) is 3.28. The van der Waals surface area contributed by atoms with E-state index < -0.39 is 0 Å². The molecule has 8 heteroatoms. The first-order valence-corrected chi connectivity index (χ1v) is 9.40. The number of aliphatic imine (C=N–C) groups is 1. The Labute approximate surface area is 184 Å². The lowest BCUT2D eigenvalue weighted by Crippen LogP contribution is -2.41. The van der Waals surface area contributed by atoms with Crippen LogP contribution in [0.5, 0.6) is 0 Å². The van der Waals surface area contributed by atoms with Crippen molar-refractivity contribution < 1.29 is 4.74 Å². The van der Waals surface area contributed by atoms with Crippen LogP contribution < -0.4 is 10.2 Å². The summed E-state index contributed by atoms with van der Waals surface area (Å²) in [5, 5.41) is 3.42. The van der Waals surface area contributed by atoms with Crippen molar-refractivity contribution in [2.75, 3.05) is 38.7 Å². The van der Waals surface area contributed by atoms with Crippen LogP contribution in [-0.4, -0.2) is 60.3 Å². The second kappa shape index (κ2) is 10.7. The molecule has 2 aromatic rings. The summed E-state index contributed by atoms with van der Waals surface area (Å²) in [5.41, 5.74) is 2.37. The summed E-state index contributed by atoms with van der Waals surface area (Å²) in [6.45, 7) is 6.14. The Bertz CT molecular complexity index is 760. The minimum Gasteiger partial charge on any atom is -0.375 e. The van der Waals surface area contributed by atoms with Gasteiger partial charge in [0.25, 0.3) is 0 Å². The SMILES string of the molecule is CN=C(NCc1ccc(N2CCOC(C)C2)nc1)N(C)Cc1cccn1C.I. The van der Waals surface area contributed by atoms with Crippen LogP contribution in [0.25, 0.3) is 0 Å². The normalized spacial score (nSPS) is 17.2. The number of nitrogens with zero attached hydrogens (tertiary/aromatic N) is 5. The third-order valence-corrected chi connectivity index (χ3v) is 4.85. The molecule has 28 heavy (non-hydrogen) atoms. The summed E-state index contributed by atoms with van der Waals surface area (Å²) in [4.78, 5) is 13.4. The van der Waals surface area contributed by atoms with E-state index in [0.717, 1.165) is 43.6 Å². The molecule has 1 N–H and O–H groups in total. The zero-order valence-corrected chi connectivity index (χ0v) is 19.5. The van der Waals surface area contributed by atoms with Gasteiger partial charge in [-0.15, -0.1) is 24.0 Å². The molecular weight excluding hydrogens is 467 g/mol. The van der Waals surface area contributed by atoms with E-state index in [2.05, 4.69) is 74.1 Å². The molecule has 1 aliphatic rings. The third-order valence-electron chi connectivity index (χ3n) is 4.85. The molecule has 0 aromatic carbocycles. The number of aromatic nitrogens is 2.